The zero-order chi connectivity index (χ0) is 28.1. The first kappa shape index (κ1) is 27.2. The molecule has 3 fully saturated rings. The number of likely N-dealkylation sites (tertiary alicyclic amines) is 1. The second kappa shape index (κ2) is 10.5. The van der Waals surface area contributed by atoms with Gasteiger partial charge < -0.3 is 24.6 Å². The molecular formula is C28H34F3N5O4. The number of hydrogen-bond acceptors (Lipinski definition) is 6. The summed E-state index contributed by atoms with van der Waals surface area (Å²) in [6, 6.07) is 3.72. The molecule has 5 atom stereocenters. The number of halogens is 3. The predicted molar refractivity (Wildman–Crippen MR) is 137 cm³/mol. The van der Waals surface area contributed by atoms with E-state index in [0.29, 0.717) is 44.7 Å². The van der Waals surface area contributed by atoms with E-state index in [4.69, 9.17) is 9.47 Å². The normalized spacial score (nSPS) is 30.3. The molecule has 2 amide bonds. The number of aromatic nitrogens is 2. The van der Waals surface area contributed by atoms with Gasteiger partial charge in [-0.15, -0.1) is 0 Å². The first-order valence-electron chi connectivity index (χ1n) is 13.8. The van der Waals surface area contributed by atoms with Crippen molar-refractivity contribution in [1.82, 2.24) is 24.7 Å². The fourth-order valence-electron chi connectivity index (χ4n) is 7.17. The average Bonchev–Trinajstić information content (AvgIpc) is 3.67. The minimum Gasteiger partial charge on any atom is -0.379 e. The highest BCUT2D eigenvalue weighted by Gasteiger charge is 2.60. The molecule has 1 aromatic carbocycles. The summed E-state index contributed by atoms with van der Waals surface area (Å²) in [4.78, 5) is 35.0. The number of fused-ring (bicyclic) bond motifs is 2. The van der Waals surface area contributed by atoms with Crippen molar-refractivity contribution in [2.75, 3.05) is 40.0 Å². The van der Waals surface area contributed by atoms with E-state index in [0.717, 1.165) is 24.5 Å². The van der Waals surface area contributed by atoms with Gasteiger partial charge in [0.2, 0.25) is 5.91 Å². The van der Waals surface area contributed by atoms with Crippen LogP contribution in [0.2, 0.25) is 0 Å². The van der Waals surface area contributed by atoms with Gasteiger partial charge in [0.25, 0.3) is 0 Å². The summed E-state index contributed by atoms with van der Waals surface area (Å²) >= 11 is 0. The van der Waals surface area contributed by atoms with Crippen molar-refractivity contribution in [2.45, 2.75) is 56.6 Å². The van der Waals surface area contributed by atoms with Gasteiger partial charge in [-0.25, -0.2) is 9.78 Å². The van der Waals surface area contributed by atoms with Gasteiger partial charge in [-0.2, -0.15) is 13.2 Å². The topological polar surface area (TPSA) is 88.9 Å². The Bertz CT molecular complexity index is 1260. The molecule has 1 saturated carbocycles. The van der Waals surface area contributed by atoms with E-state index in [-0.39, 0.29) is 49.1 Å². The number of rotatable bonds is 4. The van der Waals surface area contributed by atoms with Crippen molar-refractivity contribution in [2.24, 2.45) is 11.3 Å². The Morgan fingerprint density at radius 3 is 2.83 bits per heavy atom. The Morgan fingerprint density at radius 2 is 2.08 bits per heavy atom. The third-order valence-electron chi connectivity index (χ3n) is 9.19. The summed E-state index contributed by atoms with van der Waals surface area (Å²) < 4.78 is 52.8. The van der Waals surface area contributed by atoms with Gasteiger partial charge in [0, 0.05) is 64.4 Å². The minimum atomic E-state index is -4.45. The molecule has 0 bridgehead atoms. The fourth-order valence-corrected chi connectivity index (χ4v) is 7.17. The number of alkyl halides is 3. The smallest absolute Gasteiger partial charge is 0.379 e. The molecule has 6 rings (SSSR count). The maximum absolute atomic E-state index is 14.4. The number of nitrogens with zero attached hydrogens (tertiary/aromatic N) is 4. The van der Waals surface area contributed by atoms with Crippen molar-refractivity contribution >= 4 is 11.9 Å². The van der Waals surface area contributed by atoms with E-state index in [1.165, 1.54) is 29.2 Å². The molecule has 12 heteroatoms. The molecule has 4 aliphatic rings. The summed E-state index contributed by atoms with van der Waals surface area (Å²) in [5.74, 6) is -0.158. The lowest BCUT2D eigenvalue weighted by Gasteiger charge is -2.38. The van der Waals surface area contributed by atoms with Crippen LogP contribution < -0.4 is 5.32 Å². The van der Waals surface area contributed by atoms with Crippen LogP contribution in [0.5, 0.6) is 0 Å². The first-order chi connectivity index (χ1) is 19.2. The van der Waals surface area contributed by atoms with Crippen LogP contribution in [0.4, 0.5) is 18.0 Å². The van der Waals surface area contributed by atoms with Crippen LogP contribution in [0.1, 0.15) is 36.0 Å². The van der Waals surface area contributed by atoms with Crippen LogP contribution >= 0.6 is 0 Å². The second-order valence-corrected chi connectivity index (χ2v) is 11.5. The molecule has 2 saturated heterocycles. The number of imidazole rings is 1. The van der Waals surface area contributed by atoms with Crippen LogP contribution in [-0.4, -0.2) is 89.4 Å². The summed E-state index contributed by atoms with van der Waals surface area (Å²) in [6.45, 7) is 2.41. The largest absolute Gasteiger partial charge is 0.416 e. The molecular weight excluding hydrogens is 527 g/mol. The number of benzene rings is 1. The molecule has 0 spiro atoms. The van der Waals surface area contributed by atoms with Crippen LogP contribution in [0.25, 0.3) is 0 Å². The zero-order valence-corrected chi connectivity index (χ0v) is 22.4. The van der Waals surface area contributed by atoms with E-state index >= 15 is 0 Å². The molecule has 40 heavy (non-hydrogen) atoms. The van der Waals surface area contributed by atoms with Crippen LogP contribution in [0.3, 0.4) is 0 Å². The first-order valence-corrected chi connectivity index (χ1v) is 13.8. The lowest BCUT2D eigenvalue weighted by molar-refractivity contribution is -0.143. The van der Waals surface area contributed by atoms with E-state index < -0.39 is 17.2 Å². The van der Waals surface area contributed by atoms with Crippen molar-refractivity contribution in [3.63, 3.8) is 0 Å². The maximum atomic E-state index is 14.4. The Hall–Kier alpha value is -2.96. The van der Waals surface area contributed by atoms with Crippen LogP contribution in [0, 0.1) is 11.3 Å². The molecule has 1 N–H and O–H groups in total. The third-order valence-corrected chi connectivity index (χ3v) is 9.19. The summed E-state index contributed by atoms with van der Waals surface area (Å²) in [7, 11) is 1.67. The number of ether oxygens (including phenoxy) is 2. The highest BCUT2D eigenvalue weighted by Crippen LogP contribution is 2.51. The molecule has 3 aliphatic heterocycles. The SMILES string of the molecule is COC1COCCC1N[C@@H]1C[C@H]2CN(C(=O)n3ccnc3)C[C@@]2(C(=O)N2CCc3ccc(C(F)(F)F)cc3C2)C1. The maximum Gasteiger partial charge on any atom is 0.416 e. The number of nitrogens with one attached hydrogen (secondary N) is 1. The minimum absolute atomic E-state index is 0.0501. The number of amides is 2. The van der Waals surface area contributed by atoms with Crippen LogP contribution in [-0.2, 0) is 33.4 Å². The van der Waals surface area contributed by atoms with E-state index in [2.05, 4.69) is 10.3 Å². The molecule has 4 heterocycles. The van der Waals surface area contributed by atoms with Crippen molar-refractivity contribution < 1.29 is 32.2 Å². The van der Waals surface area contributed by atoms with E-state index in [9.17, 15) is 22.8 Å². The second-order valence-electron chi connectivity index (χ2n) is 11.5. The van der Waals surface area contributed by atoms with Gasteiger partial charge in [-0.3, -0.25) is 9.36 Å². The van der Waals surface area contributed by atoms with Crippen LogP contribution in [0.15, 0.2) is 36.9 Å². The number of carbonyl (C=O) groups is 2. The van der Waals surface area contributed by atoms with Crippen molar-refractivity contribution in [1.29, 1.82) is 0 Å². The van der Waals surface area contributed by atoms with Gasteiger partial charge in [0.1, 0.15) is 6.33 Å². The highest BCUT2D eigenvalue weighted by atomic mass is 19.4. The molecule has 1 aliphatic carbocycles. The summed E-state index contributed by atoms with van der Waals surface area (Å²) in [5.41, 5.74) is -0.153. The van der Waals surface area contributed by atoms with Gasteiger partial charge in [0.15, 0.2) is 0 Å². The Balaban J connectivity index is 1.25. The van der Waals surface area contributed by atoms with Gasteiger partial charge in [0.05, 0.1) is 23.7 Å². The van der Waals surface area contributed by atoms with Gasteiger partial charge in [-0.05, 0) is 54.9 Å². The molecule has 1 aromatic heterocycles. The Morgan fingerprint density at radius 1 is 1.23 bits per heavy atom. The van der Waals surface area contributed by atoms with E-state index in [1.807, 2.05) is 0 Å². The van der Waals surface area contributed by atoms with E-state index in [1.54, 1.807) is 23.1 Å². The average molecular weight is 562 g/mol. The summed E-state index contributed by atoms with van der Waals surface area (Å²) in [6.07, 6.45) is 2.61. The predicted octanol–water partition coefficient (Wildman–Crippen LogP) is 2.93. The number of hydrogen-bond donors (Lipinski definition) is 1. The Labute approximate surface area is 230 Å². The zero-order valence-electron chi connectivity index (χ0n) is 22.4. The number of carbonyl (C=O) groups excluding carboxylic acids is 2. The summed E-state index contributed by atoms with van der Waals surface area (Å²) in [5, 5.41) is 3.72. The Kier molecular flexibility index (Phi) is 7.12. The van der Waals surface area contributed by atoms with Gasteiger partial charge in [-0.1, -0.05) is 6.07 Å². The monoisotopic (exact) mass is 561 g/mol. The molecule has 2 aromatic rings. The quantitative estimate of drug-likeness (QED) is 0.618. The molecule has 2 unspecified atom stereocenters. The standard InChI is InChI=1S/C28H34F3N5O4/c1-39-24-15-40-9-5-23(24)33-22-11-21-14-36(26(38)35-8-6-32-17-35)16-27(21,12-22)25(37)34-7-4-18-2-3-20(28(29,30)31)10-19(18)13-34/h2-3,6,8,10,17,21-24,33H,4-5,7,9,11-16H2,1H3/t21-,22+,23?,24?,27-/m0/s1. The molecule has 216 valence electrons. The van der Waals surface area contributed by atoms with Gasteiger partial charge >= 0.3 is 12.2 Å². The number of methoxy groups -OCH3 is 1. The molecule has 9 nitrogen and oxygen atoms in total. The fraction of sp³-hybridized carbons (Fsp3) is 0.607. The van der Waals surface area contributed by atoms with Crippen molar-refractivity contribution in [3.05, 3.63) is 53.6 Å². The highest BCUT2D eigenvalue weighted by molar-refractivity contribution is 5.87. The molecule has 0 radical (unpaired) electrons. The third kappa shape index (κ3) is 4.90. The van der Waals surface area contributed by atoms with Crippen molar-refractivity contribution in [3.8, 4) is 0 Å². The lowest BCUT2D eigenvalue weighted by atomic mass is 9.78. The lowest BCUT2D eigenvalue weighted by Crippen LogP contribution is -2.52.